The number of ether oxygens (including phenoxy) is 1. The molecule has 11 rings (SSSR count). The number of nitrogens with one attached hydrogen (secondary N) is 2. The highest BCUT2D eigenvalue weighted by molar-refractivity contribution is 6.07. The second kappa shape index (κ2) is 19.2. The lowest BCUT2D eigenvalue weighted by Crippen LogP contribution is -2.14. The average Bonchev–Trinajstić information content (AvgIpc) is 4.15. The first-order valence-electron chi connectivity index (χ1n) is 22.6. The Morgan fingerprint density at radius 2 is 0.657 bits per heavy atom. The molecule has 0 bridgehead atoms. The first-order valence-corrected chi connectivity index (χ1v) is 22.6. The molecule has 0 fully saturated rings. The van der Waals surface area contributed by atoms with Crippen LogP contribution in [0.4, 0.5) is 17.1 Å². The number of rotatable bonds is 12. The van der Waals surface area contributed by atoms with Gasteiger partial charge in [-0.1, -0.05) is 146 Å². The van der Waals surface area contributed by atoms with Gasteiger partial charge in [0, 0.05) is 50.4 Å². The fourth-order valence-corrected chi connectivity index (χ4v) is 8.46. The van der Waals surface area contributed by atoms with Crippen LogP contribution in [0, 0.1) is 10.8 Å². The summed E-state index contributed by atoms with van der Waals surface area (Å²) in [5.74, 6) is 1.61. The van der Waals surface area contributed by atoms with Gasteiger partial charge in [-0.15, -0.1) is 20.4 Å². The van der Waals surface area contributed by atoms with Gasteiger partial charge >= 0.3 is 0 Å². The molecular formula is C60H41N7O3. The van der Waals surface area contributed by atoms with Crippen LogP contribution in [0.2, 0.25) is 0 Å². The van der Waals surface area contributed by atoms with Gasteiger partial charge in [-0.2, -0.15) is 0 Å². The first kappa shape index (κ1) is 42.8. The van der Waals surface area contributed by atoms with E-state index >= 15 is 0 Å². The molecule has 0 spiro atoms. The van der Waals surface area contributed by atoms with E-state index in [2.05, 4.69) is 98.1 Å². The number of hydrogen-bond donors (Lipinski definition) is 2. The third-order valence-corrected chi connectivity index (χ3v) is 11.9. The van der Waals surface area contributed by atoms with Crippen LogP contribution in [-0.4, -0.2) is 32.2 Å². The molecular weight excluding hydrogens is 867 g/mol. The van der Waals surface area contributed by atoms with Gasteiger partial charge in [0.15, 0.2) is 0 Å². The summed E-state index contributed by atoms with van der Waals surface area (Å²) < 4.78 is 18.2. The second-order valence-electron chi connectivity index (χ2n) is 16.3. The Hall–Kier alpha value is -9.80. The van der Waals surface area contributed by atoms with Crippen LogP contribution < -0.4 is 4.90 Å². The highest BCUT2D eigenvalue weighted by Gasteiger charge is 2.20. The monoisotopic (exact) mass is 907 g/mol. The van der Waals surface area contributed by atoms with Crippen LogP contribution in [0.25, 0.3) is 79.2 Å². The van der Waals surface area contributed by atoms with Crippen LogP contribution in [0.5, 0.6) is 0 Å². The highest BCUT2D eigenvalue weighted by atomic mass is 16.5. The molecule has 10 nitrogen and oxygen atoms in total. The number of aromatic nitrogens is 4. The quantitative estimate of drug-likeness (QED) is 0.0913. The zero-order chi connectivity index (χ0) is 47.2. The first-order chi connectivity index (χ1) is 34.5. The zero-order valence-corrected chi connectivity index (χ0v) is 37.5. The Morgan fingerprint density at radius 3 is 1.10 bits per heavy atom. The molecule has 0 saturated carbocycles. The topological polar surface area (TPSA) is 138 Å². The SMILES string of the molecule is N=C(OC(=N)c1ccccc1-c1ccc(N(c2ccc(-c3ccccc3-c3nnc(-c4ccccc4)o3)cc2)c2ccc(-c3ccccc3-c3nnc(-c4ccccc4)o3)cc2)cc1)c1ccccc1. The van der Waals surface area contributed by atoms with E-state index in [1.807, 2.05) is 152 Å². The fraction of sp³-hybridized carbons (Fsp3) is 0. The van der Waals surface area contributed by atoms with Crippen LogP contribution in [0.15, 0.2) is 245 Å². The van der Waals surface area contributed by atoms with Crippen LogP contribution in [0.3, 0.4) is 0 Å². The Bertz CT molecular complexity index is 3430. The Balaban J connectivity index is 0.936. The van der Waals surface area contributed by atoms with Crippen molar-refractivity contribution in [2.24, 2.45) is 0 Å². The van der Waals surface area contributed by atoms with Crippen molar-refractivity contribution < 1.29 is 13.6 Å². The largest absolute Gasteiger partial charge is 0.421 e. The number of nitrogens with zero attached hydrogens (tertiary/aromatic N) is 5. The lowest BCUT2D eigenvalue weighted by atomic mass is 9.97. The van der Waals surface area contributed by atoms with Crippen LogP contribution in [0.1, 0.15) is 11.1 Å². The molecule has 0 unspecified atom stereocenters. The van der Waals surface area contributed by atoms with Gasteiger partial charge in [0.25, 0.3) is 0 Å². The van der Waals surface area contributed by atoms with Gasteiger partial charge < -0.3 is 18.5 Å². The molecule has 0 aliphatic rings. The van der Waals surface area contributed by atoms with E-state index in [4.69, 9.17) is 24.4 Å². The molecule has 0 saturated heterocycles. The summed E-state index contributed by atoms with van der Waals surface area (Å²) >= 11 is 0. The number of hydrogen-bond acceptors (Lipinski definition) is 10. The summed E-state index contributed by atoms with van der Waals surface area (Å²) in [5, 5.41) is 35.0. The normalized spacial score (nSPS) is 11.0. The van der Waals surface area contributed by atoms with Gasteiger partial charge in [0.1, 0.15) is 0 Å². The maximum atomic E-state index is 8.90. The van der Waals surface area contributed by atoms with E-state index in [0.29, 0.717) is 34.7 Å². The van der Waals surface area contributed by atoms with Crippen molar-refractivity contribution in [1.82, 2.24) is 20.4 Å². The molecule has 9 aromatic carbocycles. The van der Waals surface area contributed by atoms with Gasteiger partial charge in [-0.25, -0.2) is 0 Å². The summed E-state index contributed by atoms with van der Waals surface area (Å²) in [7, 11) is 0. The summed E-state index contributed by atoms with van der Waals surface area (Å²) in [6.07, 6.45) is 0. The lowest BCUT2D eigenvalue weighted by molar-refractivity contribution is 0.538. The molecule has 2 N–H and O–H groups in total. The summed E-state index contributed by atoms with van der Waals surface area (Å²) in [4.78, 5) is 2.21. The molecule has 0 amide bonds. The van der Waals surface area contributed by atoms with Crippen molar-refractivity contribution in [3.8, 4) is 79.2 Å². The standard InChI is InChI=1S/C60H41N7O3/c61-55(43-16-4-1-5-17-43)68-56(62)52-25-13-10-22-49(52)40-28-34-46(35-29-40)67(47-36-30-41(31-37-47)50-23-11-14-26-53(50)59-65-63-57(69-59)44-18-6-2-7-19-44)48-38-32-42(33-39-48)51-24-12-15-27-54(51)60-66-64-58(70-60)45-20-8-3-9-21-45/h1-39,61-62H. The highest BCUT2D eigenvalue weighted by Crippen LogP contribution is 2.41. The van der Waals surface area contributed by atoms with Crippen molar-refractivity contribution in [3.05, 3.63) is 248 Å². The van der Waals surface area contributed by atoms with Gasteiger partial charge in [-0.05, 0) is 124 Å². The molecule has 334 valence electrons. The second-order valence-corrected chi connectivity index (χ2v) is 16.3. The zero-order valence-electron chi connectivity index (χ0n) is 37.5. The predicted molar refractivity (Wildman–Crippen MR) is 276 cm³/mol. The van der Waals surface area contributed by atoms with Gasteiger partial charge in [-0.3, -0.25) is 10.8 Å². The number of anilines is 3. The third kappa shape index (κ3) is 8.79. The summed E-state index contributed by atoms with van der Waals surface area (Å²) in [5.41, 5.74) is 12.9. The summed E-state index contributed by atoms with van der Waals surface area (Å²) in [6.45, 7) is 0. The minimum Gasteiger partial charge on any atom is -0.421 e. The van der Waals surface area contributed by atoms with Gasteiger partial charge in [0.05, 0.1) is 0 Å². The molecule has 0 aliphatic carbocycles. The Labute approximate surface area is 403 Å². The van der Waals surface area contributed by atoms with Crippen molar-refractivity contribution in [3.63, 3.8) is 0 Å². The van der Waals surface area contributed by atoms with Crippen molar-refractivity contribution >= 4 is 28.9 Å². The van der Waals surface area contributed by atoms with E-state index in [1.165, 1.54) is 0 Å². The smallest absolute Gasteiger partial charge is 0.248 e. The van der Waals surface area contributed by atoms with Crippen molar-refractivity contribution in [2.45, 2.75) is 0 Å². The van der Waals surface area contributed by atoms with E-state index in [-0.39, 0.29) is 11.8 Å². The van der Waals surface area contributed by atoms with Gasteiger partial charge in [0.2, 0.25) is 35.4 Å². The van der Waals surface area contributed by atoms with Crippen molar-refractivity contribution in [1.29, 1.82) is 10.8 Å². The molecule has 2 heterocycles. The van der Waals surface area contributed by atoms with Crippen LogP contribution in [-0.2, 0) is 4.74 Å². The molecule has 0 radical (unpaired) electrons. The Morgan fingerprint density at radius 1 is 0.314 bits per heavy atom. The fourth-order valence-electron chi connectivity index (χ4n) is 8.46. The minimum atomic E-state index is -0.107. The average molecular weight is 908 g/mol. The minimum absolute atomic E-state index is 0.0888. The molecule has 11 aromatic rings. The van der Waals surface area contributed by atoms with Crippen molar-refractivity contribution in [2.75, 3.05) is 4.90 Å². The van der Waals surface area contributed by atoms with E-state index < -0.39 is 0 Å². The maximum absolute atomic E-state index is 8.90. The molecule has 70 heavy (non-hydrogen) atoms. The van der Waals surface area contributed by atoms with Crippen LogP contribution >= 0.6 is 0 Å². The van der Waals surface area contributed by atoms with E-state index in [9.17, 15) is 0 Å². The Kier molecular flexibility index (Phi) is 11.7. The molecule has 10 heteroatoms. The molecule has 2 aromatic heterocycles. The lowest BCUT2D eigenvalue weighted by Gasteiger charge is -2.26. The molecule has 0 aliphatic heterocycles. The molecule has 0 atom stereocenters. The maximum Gasteiger partial charge on any atom is 0.248 e. The summed E-state index contributed by atoms with van der Waals surface area (Å²) in [6, 6.07) is 77.5. The van der Waals surface area contributed by atoms with E-state index in [1.54, 1.807) is 12.1 Å². The third-order valence-electron chi connectivity index (χ3n) is 11.9. The van der Waals surface area contributed by atoms with E-state index in [0.717, 1.165) is 72.7 Å². The number of benzene rings is 9. The predicted octanol–water partition coefficient (Wildman–Crippen LogP) is 15.0.